The first kappa shape index (κ1) is 6.07. The number of rotatable bonds is 0. The molecule has 0 aromatic carbocycles. The Labute approximate surface area is 66.5 Å². The van der Waals surface area contributed by atoms with Gasteiger partial charge in [0.15, 0.2) is 0 Å². The van der Waals surface area contributed by atoms with E-state index in [1.807, 2.05) is 10.8 Å². The molecule has 0 spiro atoms. The molecule has 0 N–H and O–H groups in total. The smallest absolute Gasteiger partial charge is 0.141 e. The van der Waals surface area contributed by atoms with E-state index in [2.05, 4.69) is 9.97 Å². The van der Waals surface area contributed by atoms with Gasteiger partial charge in [0.25, 0.3) is 0 Å². The SMILES string of the molecule is Clc1ncnc2cscc12. The number of hydrogen-bond acceptors (Lipinski definition) is 3. The summed E-state index contributed by atoms with van der Waals surface area (Å²) in [6.07, 6.45) is 1.47. The predicted molar refractivity (Wildman–Crippen MR) is 42.4 cm³/mol. The first-order valence-corrected chi connectivity index (χ1v) is 4.02. The predicted octanol–water partition coefficient (Wildman–Crippen LogP) is 2.34. The summed E-state index contributed by atoms with van der Waals surface area (Å²) in [7, 11) is 0. The molecule has 0 fully saturated rings. The monoisotopic (exact) mass is 170 g/mol. The summed E-state index contributed by atoms with van der Waals surface area (Å²) in [6.45, 7) is 0. The maximum Gasteiger partial charge on any atom is 0.141 e. The molecule has 0 aliphatic carbocycles. The number of halogens is 1. The van der Waals surface area contributed by atoms with Crippen molar-refractivity contribution in [1.82, 2.24) is 9.97 Å². The lowest BCUT2D eigenvalue weighted by molar-refractivity contribution is 1.23. The average molecular weight is 171 g/mol. The molecular weight excluding hydrogens is 168 g/mol. The second-order valence-corrected chi connectivity index (χ2v) is 2.94. The molecule has 0 radical (unpaired) electrons. The van der Waals surface area contributed by atoms with Crippen LogP contribution in [-0.2, 0) is 0 Å². The second-order valence-electron chi connectivity index (χ2n) is 1.84. The summed E-state index contributed by atoms with van der Waals surface area (Å²) in [5.41, 5.74) is 0.921. The lowest BCUT2D eigenvalue weighted by Crippen LogP contribution is -1.77. The third kappa shape index (κ3) is 0.786. The summed E-state index contributed by atoms with van der Waals surface area (Å²) in [5.74, 6) is 0. The van der Waals surface area contributed by atoms with Crippen LogP contribution in [0.25, 0.3) is 10.9 Å². The molecule has 0 aliphatic rings. The van der Waals surface area contributed by atoms with Crippen molar-refractivity contribution in [1.29, 1.82) is 0 Å². The topological polar surface area (TPSA) is 25.8 Å². The van der Waals surface area contributed by atoms with Crippen molar-refractivity contribution in [2.24, 2.45) is 0 Å². The van der Waals surface area contributed by atoms with Crippen LogP contribution in [0, 0.1) is 0 Å². The van der Waals surface area contributed by atoms with E-state index in [9.17, 15) is 0 Å². The van der Waals surface area contributed by atoms with Crippen LogP contribution in [0.3, 0.4) is 0 Å². The molecule has 4 heteroatoms. The van der Waals surface area contributed by atoms with Crippen molar-refractivity contribution in [2.45, 2.75) is 0 Å². The Morgan fingerprint density at radius 2 is 2.20 bits per heavy atom. The standard InChI is InChI=1S/C6H3ClN2S/c7-6-4-1-10-2-5(4)8-3-9-6/h1-3H. The molecule has 0 saturated carbocycles. The summed E-state index contributed by atoms with van der Waals surface area (Å²) in [4.78, 5) is 7.86. The minimum atomic E-state index is 0.534. The van der Waals surface area contributed by atoms with Gasteiger partial charge in [0.2, 0.25) is 0 Å². The van der Waals surface area contributed by atoms with E-state index >= 15 is 0 Å². The lowest BCUT2D eigenvalue weighted by atomic mass is 10.4. The van der Waals surface area contributed by atoms with E-state index in [1.54, 1.807) is 11.3 Å². The Balaban J connectivity index is 2.95. The fourth-order valence-corrected chi connectivity index (χ4v) is 1.77. The second kappa shape index (κ2) is 2.18. The molecule has 0 atom stereocenters. The van der Waals surface area contributed by atoms with Crippen molar-refractivity contribution in [3.63, 3.8) is 0 Å². The molecule has 0 aliphatic heterocycles. The lowest BCUT2D eigenvalue weighted by Gasteiger charge is -1.87. The largest absolute Gasteiger partial charge is 0.235 e. The van der Waals surface area contributed by atoms with Crippen LogP contribution in [0.1, 0.15) is 0 Å². The van der Waals surface area contributed by atoms with E-state index in [4.69, 9.17) is 11.6 Å². The molecule has 2 heterocycles. The Hall–Kier alpha value is -0.670. The fraction of sp³-hybridized carbons (Fsp3) is 0. The van der Waals surface area contributed by atoms with Crippen molar-refractivity contribution in [3.8, 4) is 0 Å². The first-order chi connectivity index (χ1) is 4.88. The average Bonchev–Trinajstić information content (AvgIpc) is 2.36. The normalized spacial score (nSPS) is 10.5. The molecule has 50 valence electrons. The van der Waals surface area contributed by atoms with Gasteiger partial charge in [-0.3, -0.25) is 0 Å². The third-order valence-electron chi connectivity index (χ3n) is 1.23. The van der Waals surface area contributed by atoms with Gasteiger partial charge in [-0.25, -0.2) is 9.97 Å². The van der Waals surface area contributed by atoms with Crippen LogP contribution in [0.5, 0.6) is 0 Å². The van der Waals surface area contributed by atoms with Gasteiger partial charge in [0.1, 0.15) is 11.5 Å². The Morgan fingerprint density at radius 1 is 1.30 bits per heavy atom. The zero-order valence-corrected chi connectivity index (χ0v) is 6.49. The van der Waals surface area contributed by atoms with Crippen LogP contribution in [0.2, 0.25) is 5.15 Å². The first-order valence-electron chi connectivity index (χ1n) is 2.70. The molecular formula is C6H3ClN2S. The summed E-state index contributed by atoms with van der Waals surface area (Å²) >= 11 is 7.33. The Kier molecular flexibility index (Phi) is 1.32. The molecule has 2 aromatic rings. The number of aromatic nitrogens is 2. The van der Waals surface area contributed by atoms with Crippen LogP contribution < -0.4 is 0 Å². The Morgan fingerprint density at radius 3 is 3.00 bits per heavy atom. The van der Waals surface area contributed by atoms with E-state index < -0.39 is 0 Å². The van der Waals surface area contributed by atoms with Gasteiger partial charge in [0.05, 0.1) is 5.52 Å². The van der Waals surface area contributed by atoms with Crippen molar-refractivity contribution < 1.29 is 0 Å². The van der Waals surface area contributed by atoms with E-state index in [0.717, 1.165) is 10.9 Å². The molecule has 0 unspecified atom stereocenters. The molecule has 2 rings (SSSR count). The molecule has 0 bridgehead atoms. The molecule has 2 nitrogen and oxygen atoms in total. The highest BCUT2D eigenvalue weighted by Crippen LogP contribution is 2.21. The van der Waals surface area contributed by atoms with Gasteiger partial charge >= 0.3 is 0 Å². The van der Waals surface area contributed by atoms with Gasteiger partial charge in [-0.1, -0.05) is 11.6 Å². The third-order valence-corrected chi connectivity index (χ3v) is 2.26. The number of nitrogens with zero attached hydrogens (tertiary/aromatic N) is 2. The zero-order valence-electron chi connectivity index (χ0n) is 4.91. The highest BCUT2D eigenvalue weighted by atomic mass is 35.5. The van der Waals surface area contributed by atoms with Crippen LogP contribution in [-0.4, -0.2) is 9.97 Å². The maximum atomic E-state index is 5.75. The van der Waals surface area contributed by atoms with Crippen molar-refractivity contribution >= 4 is 33.8 Å². The Bertz CT molecular complexity index is 357. The minimum absolute atomic E-state index is 0.534. The van der Waals surface area contributed by atoms with Gasteiger partial charge < -0.3 is 0 Å². The van der Waals surface area contributed by atoms with E-state index in [0.29, 0.717) is 5.15 Å². The highest BCUT2D eigenvalue weighted by Gasteiger charge is 1.99. The summed E-state index contributed by atoms with van der Waals surface area (Å²) in [5, 5.41) is 5.36. The maximum absolute atomic E-state index is 5.75. The van der Waals surface area contributed by atoms with Gasteiger partial charge in [-0.05, 0) is 0 Å². The van der Waals surface area contributed by atoms with Crippen LogP contribution in [0.15, 0.2) is 17.1 Å². The molecule has 0 amide bonds. The van der Waals surface area contributed by atoms with Crippen molar-refractivity contribution in [3.05, 3.63) is 22.2 Å². The summed E-state index contributed by atoms with van der Waals surface area (Å²) < 4.78 is 0. The zero-order chi connectivity index (χ0) is 6.97. The summed E-state index contributed by atoms with van der Waals surface area (Å²) in [6, 6.07) is 0. The number of hydrogen-bond donors (Lipinski definition) is 0. The van der Waals surface area contributed by atoms with Gasteiger partial charge in [-0.15, -0.1) is 11.3 Å². The van der Waals surface area contributed by atoms with Crippen LogP contribution >= 0.6 is 22.9 Å². The highest BCUT2D eigenvalue weighted by molar-refractivity contribution is 7.09. The van der Waals surface area contributed by atoms with Gasteiger partial charge in [-0.2, -0.15) is 0 Å². The molecule has 2 aromatic heterocycles. The van der Waals surface area contributed by atoms with E-state index in [-0.39, 0.29) is 0 Å². The van der Waals surface area contributed by atoms with Crippen molar-refractivity contribution in [2.75, 3.05) is 0 Å². The quantitative estimate of drug-likeness (QED) is 0.568. The van der Waals surface area contributed by atoms with E-state index in [1.165, 1.54) is 6.33 Å². The number of fused-ring (bicyclic) bond motifs is 1. The minimum Gasteiger partial charge on any atom is -0.235 e. The molecule has 0 saturated heterocycles. The number of thiophene rings is 1. The van der Waals surface area contributed by atoms with Crippen LogP contribution in [0.4, 0.5) is 0 Å². The van der Waals surface area contributed by atoms with Gasteiger partial charge in [0, 0.05) is 16.1 Å². The fourth-order valence-electron chi connectivity index (χ4n) is 0.756. The molecule has 10 heavy (non-hydrogen) atoms.